The van der Waals surface area contributed by atoms with Crippen molar-refractivity contribution in [2.75, 3.05) is 39.3 Å². The maximum atomic E-state index is 15.2. The Balaban J connectivity index is 0.000000321. The number of carboxylic acid groups (broad SMARTS) is 1. The third-order valence-corrected chi connectivity index (χ3v) is 14.4. The summed E-state index contributed by atoms with van der Waals surface area (Å²) in [6.45, 7) is 5.54. The Morgan fingerprint density at radius 3 is 1.20 bits per heavy atom. The number of nitrogens with zero attached hydrogens (tertiary/aromatic N) is 4. The van der Waals surface area contributed by atoms with E-state index in [4.69, 9.17) is 9.90 Å². The van der Waals surface area contributed by atoms with Crippen molar-refractivity contribution in [3.05, 3.63) is 214 Å². The van der Waals surface area contributed by atoms with E-state index in [9.17, 15) is 40.7 Å². The molecule has 4 amide bonds. The van der Waals surface area contributed by atoms with Crippen LogP contribution in [0, 0.1) is 0 Å². The van der Waals surface area contributed by atoms with Crippen LogP contribution in [0.15, 0.2) is 170 Å². The Hall–Kier alpha value is -7.13. The molecule has 10 rings (SSSR count). The highest BCUT2D eigenvalue weighted by Gasteiger charge is 2.63. The van der Waals surface area contributed by atoms with E-state index in [2.05, 4.69) is 39.8 Å². The highest BCUT2D eigenvalue weighted by Crippen LogP contribution is 2.47. The summed E-state index contributed by atoms with van der Waals surface area (Å²) < 4.78 is 78.3. The first-order valence-electron chi connectivity index (χ1n) is 24.6. The second-order valence-electron chi connectivity index (χ2n) is 19.3. The number of halogens is 6. The fourth-order valence-electron chi connectivity index (χ4n) is 10.7. The molecule has 4 heterocycles. The number of rotatable bonds is 10. The molecule has 79 heavy (non-hydrogen) atoms. The summed E-state index contributed by atoms with van der Waals surface area (Å²) in [6, 6.07) is 47.3. The Morgan fingerprint density at radius 1 is 0.532 bits per heavy atom. The van der Waals surface area contributed by atoms with Gasteiger partial charge >= 0.3 is 12.4 Å². The monoisotopic (exact) mass is 1130 g/mol. The first kappa shape index (κ1) is 62.7. The molecule has 0 aliphatic carbocycles. The molecule has 4 fully saturated rings. The summed E-state index contributed by atoms with van der Waals surface area (Å²) >= 11 is 0. The predicted molar refractivity (Wildman–Crippen MR) is 298 cm³/mol. The molecule has 12 nitrogen and oxygen atoms in total. The minimum atomic E-state index is -4.48. The van der Waals surface area contributed by atoms with Crippen molar-refractivity contribution in [2.24, 2.45) is 0 Å². The Bertz CT molecular complexity index is 2920. The average molecular weight is 1130 g/mol. The average Bonchev–Trinajstić information content (AvgIpc) is 3.42. The molecule has 420 valence electrons. The van der Waals surface area contributed by atoms with Gasteiger partial charge in [0.25, 0.3) is 11.9 Å². The third kappa shape index (κ3) is 13.2. The van der Waals surface area contributed by atoms with Gasteiger partial charge in [-0.25, -0.2) is 0 Å². The summed E-state index contributed by atoms with van der Waals surface area (Å²) in [5.74, 6) is -1.73. The lowest BCUT2D eigenvalue weighted by Crippen LogP contribution is -2.81. The maximum Gasteiger partial charge on any atom is 0.416 e. The topological polar surface area (TPSA) is 143 Å². The van der Waals surface area contributed by atoms with Gasteiger partial charge in [-0.1, -0.05) is 153 Å². The van der Waals surface area contributed by atoms with Crippen LogP contribution < -0.4 is 10.6 Å². The fourth-order valence-corrected chi connectivity index (χ4v) is 10.7. The van der Waals surface area contributed by atoms with Gasteiger partial charge in [0, 0.05) is 33.1 Å². The van der Waals surface area contributed by atoms with Crippen LogP contribution in [-0.2, 0) is 36.3 Å². The van der Waals surface area contributed by atoms with Crippen LogP contribution in [0.3, 0.4) is 0 Å². The highest BCUT2D eigenvalue weighted by molar-refractivity contribution is 7.59. The van der Waals surface area contributed by atoms with E-state index >= 15 is 4.79 Å². The molecule has 6 aromatic rings. The second-order valence-corrected chi connectivity index (χ2v) is 19.3. The van der Waals surface area contributed by atoms with E-state index in [0.717, 1.165) is 53.4 Å². The summed E-state index contributed by atoms with van der Waals surface area (Å²) in [5.41, 5.74) is 1.29. The van der Waals surface area contributed by atoms with Crippen molar-refractivity contribution in [2.45, 2.75) is 75.8 Å². The minimum Gasteiger partial charge on any atom is -0.481 e. The smallest absolute Gasteiger partial charge is 0.416 e. The van der Waals surface area contributed by atoms with Gasteiger partial charge in [-0.15, -0.1) is 0 Å². The van der Waals surface area contributed by atoms with Crippen LogP contribution in [0.25, 0.3) is 0 Å². The summed E-state index contributed by atoms with van der Waals surface area (Å²) in [4.78, 5) is 70.2. The van der Waals surface area contributed by atoms with Gasteiger partial charge in [0.05, 0.1) is 41.8 Å². The molecule has 4 saturated heterocycles. The number of likely N-dealkylation sites (tertiary alicyclic amines) is 1. The zero-order valence-corrected chi connectivity index (χ0v) is 44.8. The lowest BCUT2D eigenvalue weighted by Gasteiger charge is -2.62. The second kappa shape index (κ2) is 25.8. The van der Waals surface area contributed by atoms with Crippen LogP contribution in [0.4, 0.5) is 26.3 Å². The van der Waals surface area contributed by atoms with Crippen molar-refractivity contribution in [3.8, 4) is 0 Å². The van der Waals surface area contributed by atoms with E-state index in [1.165, 1.54) is 29.2 Å². The number of carboxylic acids is 1. The molecule has 3 N–H and O–H groups in total. The standard InChI is InChI=1S/C41H36F3N3O2.C15H16F3N3O2.C2H4O2.CH4.2H2S/c1-29(30-22-24-35(25-23-30)41(42,43)44)47-36(48)26-46(38(33-18-10-4-11-19-33)34-20-12-5-13-21-34)39(49)40(47)27-45(28-40)37(31-14-6-2-7-15-31)32-16-8-3-9-17-32;1-9(10-2-4-11(5-3-10)15(16,17)18)21-12(22)6-20-13(23)14(21)7-19-8-14;1-2(3)4;;;/h2-25,29,37-38H,26-28H2,1H3;2-5,9,19H,6-8H2,1H3,(H,20,23);1H3,(H,3,4);1H4;2*1H2/t29-;9-;;;;/m00..../s1. The number of piperazine rings is 2. The molecule has 4 aliphatic heterocycles. The van der Waals surface area contributed by atoms with Crippen LogP contribution in [0.5, 0.6) is 0 Å². The minimum absolute atomic E-state index is 0. The van der Waals surface area contributed by atoms with Crippen molar-refractivity contribution >= 4 is 56.6 Å². The lowest BCUT2D eigenvalue weighted by molar-refractivity contribution is -0.186. The number of benzene rings is 6. The van der Waals surface area contributed by atoms with E-state index in [1.807, 2.05) is 97.1 Å². The molecular weight excluding hydrogens is 1070 g/mol. The number of nitrogens with one attached hydrogen (secondary N) is 2. The predicted octanol–water partition coefficient (Wildman–Crippen LogP) is 10.1. The Kier molecular flexibility index (Phi) is 20.5. The van der Waals surface area contributed by atoms with Gasteiger partial charge in [0.15, 0.2) is 0 Å². The van der Waals surface area contributed by atoms with Gasteiger partial charge in [0.1, 0.15) is 17.6 Å². The summed E-state index contributed by atoms with van der Waals surface area (Å²) in [5, 5.41) is 13.0. The number of alkyl halides is 6. The molecule has 0 saturated carbocycles. The summed E-state index contributed by atoms with van der Waals surface area (Å²) in [6.07, 6.45) is -8.88. The molecule has 2 atom stereocenters. The molecule has 4 aliphatic rings. The SMILES string of the molecule is C.CC(=O)O.C[C@@H](c1ccc(C(F)(F)F)cc1)N1C(=O)CN(C(c2ccccc2)c2ccccc2)C(=O)C12CN(C(c1ccccc1)c1ccccc1)C2.C[C@@H](c1ccc(C(F)(F)F)cc1)N1C(=O)CNC(=O)C12CNC2.S.S. The molecular formula is C59H64F6N6O6S2. The van der Waals surface area contributed by atoms with Crippen molar-refractivity contribution < 1.29 is 55.4 Å². The third-order valence-electron chi connectivity index (χ3n) is 14.4. The largest absolute Gasteiger partial charge is 0.481 e. The van der Waals surface area contributed by atoms with Crippen LogP contribution in [0.2, 0.25) is 0 Å². The first-order chi connectivity index (χ1) is 36.2. The fraction of sp³-hybridized carbons (Fsp3) is 0.305. The molecule has 20 heteroatoms. The zero-order chi connectivity index (χ0) is 54.6. The van der Waals surface area contributed by atoms with E-state index < -0.39 is 58.7 Å². The van der Waals surface area contributed by atoms with Crippen LogP contribution in [-0.4, -0.2) is 105 Å². The number of amides is 4. The number of aliphatic carboxylic acids is 1. The number of carbonyl (C=O) groups is 5. The van der Waals surface area contributed by atoms with Crippen LogP contribution >= 0.6 is 27.0 Å². The van der Waals surface area contributed by atoms with Crippen molar-refractivity contribution in [1.82, 2.24) is 30.2 Å². The van der Waals surface area contributed by atoms with Gasteiger partial charge < -0.3 is 30.4 Å². The molecule has 0 aromatic heterocycles. The van der Waals surface area contributed by atoms with E-state index in [0.29, 0.717) is 24.2 Å². The van der Waals surface area contributed by atoms with E-state index in [1.54, 1.807) is 23.6 Å². The number of hydrogen-bond donors (Lipinski definition) is 3. The van der Waals surface area contributed by atoms with Crippen molar-refractivity contribution in [3.63, 3.8) is 0 Å². The van der Waals surface area contributed by atoms with Crippen molar-refractivity contribution in [1.29, 1.82) is 0 Å². The van der Waals surface area contributed by atoms with Gasteiger partial charge in [-0.2, -0.15) is 53.3 Å². The normalized spacial score (nSPS) is 17.3. The Morgan fingerprint density at radius 2 is 0.873 bits per heavy atom. The number of hydrogen-bond acceptors (Lipinski definition) is 7. The highest BCUT2D eigenvalue weighted by atomic mass is 32.1. The van der Waals surface area contributed by atoms with Gasteiger partial charge in [-0.3, -0.25) is 28.9 Å². The number of carbonyl (C=O) groups excluding carboxylic acids is 4. The summed E-state index contributed by atoms with van der Waals surface area (Å²) in [7, 11) is 0. The molecule has 0 bridgehead atoms. The van der Waals surface area contributed by atoms with Gasteiger partial charge in [0.2, 0.25) is 17.7 Å². The molecule has 0 radical (unpaired) electrons. The first-order valence-corrected chi connectivity index (χ1v) is 24.6. The quantitative estimate of drug-likeness (QED) is 0.115. The maximum absolute atomic E-state index is 15.2. The Labute approximate surface area is 469 Å². The molecule has 6 aromatic carbocycles. The van der Waals surface area contributed by atoms with Gasteiger partial charge in [-0.05, 0) is 71.5 Å². The zero-order valence-electron chi connectivity index (χ0n) is 42.8. The van der Waals surface area contributed by atoms with Crippen LogP contribution in [0.1, 0.15) is 96.9 Å². The molecule has 0 unspecified atom stereocenters. The molecule has 2 spiro atoms. The van der Waals surface area contributed by atoms with E-state index in [-0.39, 0.29) is 90.3 Å². The lowest BCUT2D eigenvalue weighted by atomic mass is 9.78.